The van der Waals surface area contributed by atoms with Crippen LogP contribution in [0.15, 0.2) is 42.5 Å². The molecule has 1 N–H and O–H groups in total. The Kier molecular flexibility index (Phi) is 5.40. The van der Waals surface area contributed by atoms with Gasteiger partial charge in [0, 0.05) is 13.1 Å². The van der Waals surface area contributed by atoms with Gasteiger partial charge in [0.25, 0.3) is 5.91 Å². The van der Waals surface area contributed by atoms with Crippen molar-refractivity contribution < 1.29 is 19.4 Å². The van der Waals surface area contributed by atoms with E-state index in [9.17, 15) is 14.7 Å². The van der Waals surface area contributed by atoms with Gasteiger partial charge in [-0.05, 0) is 106 Å². The van der Waals surface area contributed by atoms with Gasteiger partial charge in [-0.2, -0.15) is 0 Å². The van der Waals surface area contributed by atoms with Crippen molar-refractivity contribution in [2.24, 2.45) is 5.41 Å². The van der Waals surface area contributed by atoms with Crippen LogP contribution in [0.4, 0.5) is 0 Å². The number of ether oxygens (including phenoxy) is 1. The van der Waals surface area contributed by atoms with Crippen molar-refractivity contribution in [1.82, 2.24) is 4.90 Å². The predicted octanol–water partition coefficient (Wildman–Crippen LogP) is 5.24. The summed E-state index contributed by atoms with van der Waals surface area (Å²) in [5.41, 5.74) is 3.91. The first-order valence-corrected chi connectivity index (χ1v) is 12.5. The van der Waals surface area contributed by atoms with E-state index in [2.05, 4.69) is 31.2 Å². The zero-order valence-electron chi connectivity index (χ0n) is 20.7. The van der Waals surface area contributed by atoms with E-state index in [0.29, 0.717) is 29.7 Å². The summed E-state index contributed by atoms with van der Waals surface area (Å²) in [7, 11) is 0. The summed E-state index contributed by atoms with van der Waals surface area (Å²) in [5.74, 6) is 0.175. The van der Waals surface area contributed by atoms with Gasteiger partial charge in [-0.3, -0.25) is 4.79 Å². The molecule has 3 fully saturated rings. The lowest BCUT2D eigenvalue weighted by atomic mass is 9.88. The third-order valence-corrected chi connectivity index (χ3v) is 7.85. The normalized spacial score (nSPS) is 22.4. The van der Waals surface area contributed by atoms with Gasteiger partial charge in [-0.15, -0.1) is 0 Å². The average molecular weight is 462 g/mol. The monoisotopic (exact) mass is 461 g/mol. The Morgan fingerprint density at radius 3 is 2.24 bits per heavy atom. The minimum atomic E-state index is -1.05. The van der Waals surface area contributed by atoms with Gasteiger partial charge < -0.3 is 14.7 Å². The van der Waals surface area contributed by atoms with Crippen molar-refractivity contribution in [3.63, 3.8) is 0 Å². The first kappa shape index (κ1) is 23.1. The van der Waals surface area contributed by atoms with Gasteiger partial charge in [0.1, 0.15) is 11.2 Å². The second kappa shape index (κ2) is 7.94. The first-order valence-electron chi connectivity index (χ1n) is 12.5. The van der Waals surface area contributed by atoms with Crippen LogP contribution in [-0.2, 0) is 9.53 Å². The van der Waals surface area contributed by atoms with Crippen molar-refractivity contribution in [2.75, 3.05) is 13.1 Å². The van der Waals surface area contributed by atoms with E-state index in [-0.39, 0.29) is 11.9 Å². The average Bonchev–Trinajstić information content (AvgIpc) is 3.71. The number of hydrogen-bond acceptors (Lipinski definition) is 4. The molecule has 0 bridgehead atoms. The lowest BCUT2D eigenvalue weighted by molar-refractivity contribution is -0.144. The molecular formula is C29H35NO4. The molecule has 1 aliphatic heterocycles. The Balaban J connectivity index is 1.26. The second-order valence-corrected chi connectivity index (χ2v) is 11.6. The Bertz CT molecular complexity index is 1120. The van der Waals surface area contributed by atoms with E-state index in [4.69, 9.17) is 4.74 Å². The third kappa shape index (κ3) is 4.38. The van der Waals surface area contributed by atoms with Crippen molar-refractivity contribution in [1.29, 1.82) is 0 Å². The van der Waals surface area contributed by atoms with Crippen LogP contribution in [0.2, 0.25) is 0 Å². The highest BCUT2D eigenvalue weighted by Gasteiger charge is 2.57. The number of aryl methyl sites for hydroxylation is 1. The molecule has 0 radical (unpaired) electrons. The summed E-state index contributed by atoms with van der Waals surface area (Å²) in [6.07, 6.45) is 4.42. The first-order chi connectivity index (χ1) is 16.0. The zero-order chi connectivity index (χ0) is 24.3. The zero-order valence-corrected chi connectivity index (χ0v) is 20.7. The van der Waals surface area contributed by atoms with Gasteiger partial charge >= 0.3 is 5.97 Å². The number of benzene rings is 2. The summed E-state index contributed by atoms with van der Waals surface area (Å²) in [6, 6.07) is 14.5. The maximum atomic E-state index is 12.5. The van der Waals surface area contributed by atoms with Crippen molar-refractivity contribution in [2.45, 2.75) is 76.9 Å². The topological polar surface area (TPSA) is 66.8 Å². The fraction of sp³-hybridized carbons (Fsp3) is 0.517. The van der Waals surface area contributed by atoms with Crippen LogP contribution >= 0.6 is 0 Å². The van der Waals surface area contributed by atoms with Crippen LogP contribution in [-0.4, -0.2) is 46.2 Å². The molecule has 2 aromatic carbocycles. The summed E-state index contributed by atoms with van der Waals surface area (Å²) in [4.78, 5) is 26.9. The lowest BCUT2D eigenvalue weighted by Gasteiger charge is -2.34. The number of esters is 1. The molecule has 5 heteroatoms. The molecule has 5 rings (SSSR count). The largest absolute Gasteiger partial charge is 0.456 e. The van der Waals surface area contributed by atoms with Crippen LogP contribution in [0.25, 0.3) is 11.1 Å². The van der Waals surface area contributed by atoms with Crippen molar-refractivity contribution in [3.05, 3.63) is 59.2 Å². The van der Waals surface area contributed by atoms with Gasteiger partial charge in [-0.25, -0.2) is 4.79 Å². The SMILES string of the molecule is Cc1ccc(C(=O)OC(C)(C)C)cc1-c1ccc(C2CC23CCN(C(=O)C2(O)CC2)CC3)cc1. The predicted molar refractivity (Wildman–Crippen MR) is 132 cm³/mol. The fourth-order valence-electron chi connectivity index (χ4n) is 5.45. The van der Waals surface area contributed by atoms with Crippen LogP contribution in [0.3, 0.4) is 0 Å². The highest BCUT2D eigenvalue weighted by atomic mass is 16.6. The molecule has 5 nitrogen and oxygen atoms in total. The quantitative estimate of drug-likeness (QED) is 0.633. The minimum Gasteiger partial charge on any atom is -0.456 e. The smallest absolute Gasteiger partial charge is 0.338 e. The van der Waals surface area contributed by atoms with Gasteiger partial charge in [0.05, 0.1) is 5.56 Å². The fourth-order valence-corrected chi connectivity index (χ4v) is 5.45. The number of carbonyl (C=O) groups is 2. The van der Waals surface area contributed by atoms with Crippen LogP contribution in [0.5, 0.6) is 0 Å². The maximum absolute atomic E-state index is 12.5. The molecule has 1 heterocycles. The Hall–Kier alpha value is -2.66. The highest BCUT2D eigenvalue weighted by Crippen LogP contribution is 2.65. The maximum Gasteiger partial charge on any atom is 0.338 e. The molecule has 2 saturated carbocycles. The lowest BCUT2D eigenvalue weighted by Crippen LogP contribution is -2.45. The number of aliphatic hydroxyl groups is 1. The number of amides is 1. The summed E-state index contributed by atoms with van der Waals surface area (Å²) in [6.45, 7) is 9.20. The summed E-state index contributed by atoms with van der Waals surface area (Å²) >= 11 is 0. The Morgan fingerprint density at radius 2 is 1.65 bits per heavy atom. The van der Waals surface area contributed by atoms with Crippen LogP contribution in [0.1, 0.15) is 80.3 Å². The van der Waals surface area contributed by atoms with Crippen molar-refractivity contribution >= 4 is 11.9 Å². The van der Waals surface area contributed by atoms with E-state index < -0.39 is 11.2 Å². The van der Waals surface area contributed by atoms with Crippen LogP contribution in [0, 0.1) is 12.3 Å². The molecule has 1 atom stereocenters. The van der Waals surface area contributed by atoms with E-state index in [1.165, 1.54) is 12.0 Å². The molecule has 34 heavy (non-hydrogen) atoms. The molecule has 1 saturated heterocycles. The standard InChI is InChI=1S/C29H35NO4/c1-19-5-6-22(25(31)34-27(2,3)4)17-23(19)20-7-9-21(10-8-20)24-18-28(24)13-15-30(16-14-28)26(32)29(33)11-12-29/h5-10,17,24,33H,11-16,18H2,1-4H3. The number of rotatable bonds is 4. The van der Waals surface area contributed by atoms with E-state index in [0.717, 1.165) is 42.6 Å². The Labute approximate surface area is 202 Å². The summed E-state index contributed by atoms with van der Waals surface area (Å²) in [5, 5.41) is 10.1. The van der Waals surface area contributed by atoms with Crippen molar-refractivity contribution in [3.8, 4) is 11.1 Å². The second-order valence-electron chi connectivity index (χ2n) is 11.6. The summed E-state index contributed by atoms with van der Waals surface area (Å²) < 4.78 is 5.54. The minimum absolute atomic E-state index is 0.0621. The number of carbonyl (C=O) groups excluding carboxylic acids is 2. The molecule has 2 aromatic rings. The van der Waals surface area contributed by atoms with E-state index >= 15 is 0 Å². The molecule has 1 unspecified atom stereocenters. The number of piperidine rings is 1. The van der Waals surface area contributed by atoms with Gasteiger partial charge in [-0.1, -0.05) is 30.3 Å². The van der Waals surface area contributed by atoms with E-state index in [1.807, 2.05) is 43.9 Å². The molecule has 2 aliphatic carbocycles. The highest BCUT2D eigenvalue weighted by molar-refractivity contribution is 5.92. The number of likely N-dealkylation sites (tertiary alicyclic amines) is 1. The van der Waals surface area contributed by atoms with E-state index in [1.54, 1.807) is 0 Å². The number of nitrogens with zero attached hydrogens (tertiary/aromatic N) is 1. The molecule has 180 valence electrons. The molecule has 0 aromatic heterocycles. The number of hydrogen-bond donors (Lipinski definition) is 1. The Morgan fingerprint density at radius 1 is 1.00 bits per heavy atom. The molecular weight excluding hydrogens is 426 g/mol. The molecule has 1 spiro atoms. The third-order valence-electron chi connectivity index (χ3n) is 7.85. The van der Waals surface area contributed by atoms with Gasteiger partial charge in [0.2, 0.25) is 0 Å². The van der Waals surface area contributed by atoms with Gasteiger partial charge in [0.15, 0.2) is 0 Å². The van der Waals surface area contributed by atoms with Crippen LogP contribution < -0.4 is 0 Å². The molecule has 3 aliphatic rings. The molecule has 1 amide bonds.